The van der Waals surface area contributed by atoms with Crippen LogP contribution < -0.4 is 15.7 Å². The number of carboxylic acids is 1. The van der Waals surface area contributed by atoms with Crippen molar-refractivity contribution < 1.29 is 19.1 Å². The molecule has 1 heterocycles. The summed E-state index contributed by atoms with van der Waals surface area (Å²) in [6.45, 7) is 0. The molecule has 2 aromatic rings. The standard InChI is InChI=1S/C13H11NO5/c1-18-11-9(14-8-5-3-2-4-6-8)7-10(12(15)16)19-13(11)17/h2-7,14H,1H3,(H,15,16). The molecule has 0 radical (unpaired) electrons. The third-order valence-electron chi connectivity index (χ3n) is 2.38. The third kappa shape index (κ3) is 2.74. The minimum atomic E-state index is -1.32. The molecule has 0 fully saturated rings. The first-order valence-electron chi connectivity index (χ1n) is 5.39. The summed E-state index contributed by atoms with van der Waals surface area (Å²) >= 11 is 0. The van der Waals surface area contributed by atoms with Gasteiger partial charge < -0.3 is 19.6 Å². The van der Waals surface area contributed by atoms with Gasteiger partial charge in [0.2, 0.25) is 11.5 Å². The quantitative estimate of drug-likeness (QED) is 0.876. The average Bonchev–Trinajstić information content (AvgIpc) is 2.39. The SMILES string of the molecule is COc1c(Nc2ccccc2)cc(C(=O)O)oc1=O. The third-order valence-corrected chi connectivity index (χ3v) is 2.38. The van der Waals surface area contributed by atoms with Gasteiger partial charge in [0, 0.05) is 11.8 Å². The van der Waals surface area contributed by atoms with Crippen LogP contribution in [-0.4, -0.2) is 18.2 Å². The van der Waals surface area contributed by atoms with E-state index in [2.05, 4.69) is 9.73 Å². The first-order valence-corrected chi connectivity index (χ1v) is 5.39. The molecule has 0 amide bonds. The molecule has 0 saturated carbocycles. The summed E-state index contributed by atoms with van der Waals surface area (Å²) in [6.07, 6.45) is 0. The van der Waals surface area contributed by atoms with Gasteiger partial charge in [0.15, 0.2) is 0 Å². The highest BCUT2D eigenvalue weighted by molar-refractivity contribution is 5.86. The zero-order valence-electron chi connectivity index (χ0n) is 10.0. The lowest BCUT2D eigenvalue weighted by molar-refractivity contribution is 0.0656. The Hall–Kier alpha value is -2.76. The Kier molecular flexibility index (Phi) is 3.51. The van der Waals surface area contributed by atoms with Crippen molar-refractivity contribution in [1.29, 1.82) is 0 Å². The van der Waals surface area contributed by atoms with Crippen molar-refractivity contribution in [3.05, 3.63) is 52.6 Å². The van der Waals surface area contributed by atoms with E-state index in [1.54, 1.807) is 24.3 Å². The fraction of sp³-hybridized carbons (Fsp3) is 0.0769. The number of para-hydroxylation sites is 1. The van der Waals surface area contributed by atoms with E-state index in [4.69, 9.17) is 9.84 Å². The van der Waals surface area contributed by atoms with Gasteiger partial charge in [-0.1, -0.05) is 18.2 Å². The van der Waals surface area contributed by atoms with Crippen LogP contribution >= 0.6 is 0 Å². The molecule has 1 aromatic carbocycles. The molecule has 19 heavy (non-hydrogen) atoms. The van der Waals surface area contributed by atoms with E-state index in [1.807, 2.05) is 6.07 Å². The number of ether oxygens (including phenoxy) is 1. The Labute approximate surface area is 108 Å². The Morgan fingerprint density at radius 2 is 2.00 bits per heavy atom. The Morgan fingerprint density at radius 1 is 1.32 bits per heavy atom. The number of hydrogen-bond donors (Lipinski definition) is 2. The summed E-state index contributed by atoms with van der Waals surface area (Å²) in [4.78, 5) is 22.4. The van der Waals surface area contributed by atoms with Gasteiger partial charge in [0.05, 0.1) is 12.8 Å². The lowest BCUT2D eigenvalue weighted by Crippen LogP contribution is -2.11. The summed E-state index contributed by atoms with van der Waals surface area (Å²) in [5, 5.41) is 11.8. The normalized spacial score (nSPS) is 9.95. The van der Waals surface area contributed by atoms with Crippen LogP contribution in [0.25, 0.3) is 0 Å². The van der Waals surface area contributed by atoms with Crippen molar-refractivity contribution in [3.8, 4) is 5.75 Å². The molecule has 0 aliphatic carbocycles. The molecular formula is C13H11NO5. The fourth-order valence-electron chi connectivity index (χ4n) is 1.55. The Balaban J connectivity index is 2.48. The molecule has 0 aliphatic rings. The largest absolute Gasteiger partial charge is 0.488 e. The molecule has 6 nitrogen and oxygen atoms in total. The van der Waals surface area contributed by atoms with Gasteiger partial charge in [-0.25, -0.2) is 9.59 Å². The summed E-state index contributed by atoms with van der Waals surface area (Å²) < 4.78 is 9.54. The van der Waals surface area contributed by atoms with Gasteiger partial charge in [0.25, 0.3) is 0 Å². The first-order chi connectivity index (χ1) is 9.11. The number of aromatic carboxylic acids is 1. The average molecular weight is 261 g/mol. The second-order valence-corrected chi connectivity index (χ2v) is 3.64. The molecule has 0 spiro atoms. The highest BCUT2D eigenvalue weighted by atomic mass is 16.5. The van der Waals surface area contributed by atoms with E-state index in [0.29, 0.717) is 5.69 Å². The highest BCUT2D eigenvalue weighted by Gasteiger charge is 2.16. The van der Waals surface area contributed by atoms with Crippen LogP contribution in [0.15, 0.2) is 45.6 Å². The maximum absolute atomic E-state index is 11.6. The smallest absolute Gasteiger partial charge is 0.381 e. The molecule has 0 unspecified atom stereocenters. The van der Waals surface area contributed by atoms with E-state index in [0.717, 1.165) is 0 Å². The van der Waals surface area contributed by atoms with Crippen molar-refractivity contribution in [3.63, 3.8) is 0 Å². The molecule has 2 rings (SSSR count). The van der Waals surface area contributed by atoms with Crippen molar-refractivity contribution in [2.75, 3.05) is 12.4 Å². The molecule has 0 saturated heterocycles. The van der Waals surface area contributed by atoms with Gasteiger partial charge in [-0.15, -0.1) is 0 Å². The molecule has 0 bridgehead atoms. The number of anilines is 2. The van der Waals surface area contributed by atoms with Crippen molar-refractivity contribution in [1.82, 2.24) is 0 Å². The van der Waals surface area contributed by atoms with E-state index < -0.39 is 17.4 Å². The number of methoxy groups -OCH3 is 1. The highest BCUT2D eigenvalue weighted by Crippen LogP contribution is 2.25. The predicted octanol–water partition coefficient (Wildman–Crippen LogP) is 2.09. The number of carbonyl (C=O) groups is 1. The minimum absolute atomic E-state index is 0.0751. The molecule has 1 aromatic heterocycles. The predicted molar refractivity (Wildman–Crippen MR) is 68.2 cm³/mol. The number of benzene rings is 1. The van der Waals surface area contributed by atoms with Crippen LogP contribution in [0.5, 0.6) is 5.75 Å². The molecule has 6 heteroatoms. The summed E-state index contributed by atoms with van der Waals surface area (Å²) in [5.41, 5.74) is 0.0888. The number of hydrogen-bond acceptors (Lipinski definition) is 5. The zero-order valence-corrected chi connectivity index (χ0v) is 10.0. The van der Waals surface area contributed by atoms with Crippen LogP contribution in [0.4, 0.5) is 11.4 Å². The minimum Gasteiger partial charge on any atom is -0.488 e. The zero-order chi connectivity index (χ0) is 13.8. The molecule has 0 aliphatic heterocycles. The van der Waals surface area contributed by atoms with Crippen molar-refractivity contribution >= 4 is 17.3 Å². The lowest BCUT2D eigenvalue weighted by Gasteiger charge is -2.10. The van der Waals surface area contributed by atoms with Crippen molar-refractivity contribution in [2.45, 2.75) is 0 Å². The van der Waals surface area contributed by atoms with E-state index in [9.17, 15) is 9.59 Å². The van der Waals surface area contributed by atoms with E-state index in [-0.39, 0.29) is 11.4 Å². The van der Waals surface area contributed by atoms with Gasteiger partial charge in [0.1, 0.15) is 0 Å². The van der Waals surface area contributed by atoms with Crippen LogP contribution in [0.1, 0.15) is 10.6 Å². The fourth-order valence-corrected chi connectivity index (χ4v) is 1.55. The number of nitrogens with one attached hydrogen (secondary N) is 1. The maximum atomic E-state index is 11.6. The van der Waals surface area contributed by atoms with Crippen LogP contribution in [-0.2, 0) is 0 Å². The maximum Gasteiger partial charge on any atom is 0.381 e. The van der Waals surface area contributed by atoms with Gasteiger partial charge in [-0.05, 0) is 12.1 Å². The molecular weight excluding hydrogens is 250 g/mol. The topological polar surface area (TPSA) is 88.8 Å². The lowest BCUT2D eigenvalue weighted by atomic mass is 10.2. The van der Waals surface area contributed by atoms with Crippen molar-refractivity contribution in [2.24, 2.45) is 0 Å². The molecule has 0 atom stereocenters. The second-order valence-electron chi connectivity index (χ2n) is 3.64. The van der Waals surface area contributed by atoms with Gasteiger partial charge in [-0.3, -0.25) is 0 Å². The van der Waals surface area contributed by atoms with Crippen LogP contribution in [0, 0.1) is 0 Å². The van der Waals surface area contributed by atoms with Gasteiger partial charge >= 0.3 is 11.6 Å². The number of rotatable bonds is 4. The first kappa shape index (κ1) is 12.7. The molecule has 98 valence electrons. The summed E-state index contributed by atoms with van der Waals surface area (Å²) in [6, 6.07) is 10.2. The van der Waals surface area contributed by atoms with E-state index in [1.165, 1.54) is 13.2 Å². The Bertz CT molecular complexity index is 648. The summed E-state index contributed by atoms with van der Waals surface area (Å²) in [5.74, 6) is -1.85. The number of carboxylic acid groups (broad SMARTS) is 1. The second kappa shape index (κ2) is 5.26. The molecule has 2 N–H and O–H groups in total. The van der Waals surface area contributed by atoms with Crippen LogP contribution in [0.3, 0.4) is 0 Å². The van der Waals surface area contributed by atoms with Crippen LogP contribution in [0.2, 0.25) is 0 Å². The van der Waals surface area contributed by atoms with E-state index >= 15 is 0 Å². The monoisotopic (exact) mass is 261 g/mol. The summed E-state index contributed by atoms with van der Waals surface area (Å²) in [7, 11) is 1.31. The van der Waals surface area contributed by atoms with Gasteiger partial charge in [-0.2, -0.15) is 0 Å². The Morgan fingerprint density at radius 3 is 2.58 bits per heavy atom.